The molecule has 1 atom stereocenters. The quantitative estimate of drug-likeness (QED) is 0.247. The lowest BCUT2D eigenvalue weighted by molar-refractivity contribution is 0.0347. The zero-order valence-electron chi connectivity index (χ0n) is 26.0. The fourth-order valence-electron chi connectivity index (χ4n) is 8.73. The maximum Gasteiger partial charge on any atom is 0.0776 e. The van der Waals surface area contributed by atoms with Gasteiger partial charge < -0.3 is 0 Å². The van der Waals surface area contributed by atoms with Gasteiger partial charge in [-0.1, -0.05) is 121 Å². The van der Waals surface area contributed by atoms with Crippen LogP contribution < -0.4 is 5.19 Å². The standard InChI is InChI=1S/C33H58P2Si/c1-30(2,3)34(31(4,5)6)23-28-18-29(36(10,11)12)14-13-27(28)22-35(32(7,8)9)33-19-24-15-25(20-33)17-26(16-24)21-33/h13-14,18,24-26H,15-17,19-23H2,1-12H3. The monoisotopic (exact) mass is 544 g/mol. The molecular formula is C33H58P2Si. The van der Waals surface area contributed by atoms with Crippen molar-refractivity contribution in [1.29, 1.82) is 0 Å². The maximum atomic E-state index is 2.71. The summed E-state index contributed by atoms with van der Waals surface area (Å²) in [5, 5.41) is 3.49. The molecule has 4 aliphatic carbocycles. The van der Waals surface area contributed by atoms with Gasteiger partial charge in [0, 0.05) is 0 Å². The van der Waals surface area contributed by atoms with Crippen LogP contribution in [0.4, 0.5) is 0 Å². The Hall–Kier alpha value is 0.297. The van der Waals surface area contributed by atoms with Crippen LogP contribution in [0.2, 0.25) is 19.6 Å². The Balaban J connectivity index is 1.75. The van der Waals surface area contributed by atoms with Gasteiger partial charge in [0.15, 0.2) is 0 Å². The first-order valence-corrected chi connectivity index (χ1v) is 21.5. The van der Waals surface area contributed by atoms with Gasteiger partial charge in [0.1, 0.15) is 0 Å². The smallest absolute Gasteiger partial charge is 0.0776 e. The zero-order valence-corrected chi connectivity index (χ0v) is 28.8. The molecule has 0 nitrogen and oxygen atoms in total. The molecule has 36 heavy (non-hydrogen) atoms. The van der Waals surface area contributed by atoms with E-state index in [9.17, 15) is 0 Å². The van der Waals surface area contributed by atoms with Crippen molar-refractivity contribution in [3.8, 4) is 0 Å². The summed E-state index contributed by atoms with van der Waals surface area (Å²) < 4.78 is 0. The van der Waals surface area contributed by atoms with E-state index >= 15 is 0 Å². The molecule has 1 aromatic carbocycles. The molecular weight excluding hydrogens is 486 g/mol. The summed E-state index contributed by atoms with van der Waals surface area (Å²) in [4.78, 5) is 0. The highest BCUT2D eigenvalue weighted by atomic mass is 31.1. The van der Waals surface area contributed by atoms with Crippen molar-refractivity contribution < 1.29 is 0 Å². The topological polar surface area (TPSA) is 0 Å². The second-order valence-electron chi connectivity index (χ2n) is 17.1. The van der Waals surface area contributed by atoms with E-state index in [0.717, 1.165) is 17.8 Å². The Kier molecular flexibility index (Phi) is 7.92. The second kappa shape index (κ2) is 9.74. The fourth-order valence-corrected chi connectivity index (χ4v) is 17.8. The van der Waals surface area contributed by atoms with Gasteiger partial charge in [-0.25, -0.2) is 0 Å². The lowest BCUT2D eigenvalue weighted by Gasteiger charge is -2.62. The molecule has 204 valence electrons. The van der Waals surface area contributed by atoms with E-state index in [1.54, 1.807) is 54.8 Å². The number of hydrogen-bond acceptors (Lipinski definition) is 0. The lowest BCUT2D eigenvalue weighted by Crippen LogP contribution is -2.51. The van der Waals surface area contributed by atoms with Crippen LogP contribution in [-0.2, 0) is 12.3 Å². The van der Waals surface area contributed by atoms with E-state index in [-0.39, 0.29) is 15.8 Å². The Morgan fingerprint density at radius 3 is 1.56 bits per heavy atom. The first kappa shape index (κ1) is 29.3. The third-order valence-corrected chi connectivity index (χ3v) is 19.6. The highest BCUT2D eigenvalue weighted by molar-refractivity contribution is 7.60. The van der Waals surface area contributed by atoms with E-state index < -0.39 is 8.07 Å². The predicted molar refractivity (Wildman–Crippen MR) is 171 cm³/mol. The summed E-state index contributed by atoms with van der Waals surface area (Å²) >= 11 is 0. The molecule has 0 amide bonds. The van der Waals surface area contributed by atoms with Gasteiger partial charge >= 0.3 is 0 Å². The van der Waals surface area contributed by atoms with Crippen LogP contribution in [0, 0.1) is 17.8 Å². The molecule has 1 aromatic rings. The molecule has 4 fully saturated rings. The summed E-state index contributed by atoms with van der Waals surface area (Å²) in [6.45, 7) is 30.4. The lowest BCUT2D eigenvalue weighted by atomic mass is 9.56. The number of benzene rings is 1. The first-order valence-electron chi connectivity index (χ1n) is 15.0. The van der Waals surface area contributed by atoms with Gasteiger partial charge in [-0.3, -0.25) is 0 Å². The summed E-state index contributed by atoms with van der Waals surface area (Å²) in [6, 6.07) is 7.89. The molecule has 0 saturated heterocycles. The Labute approximate surface area is 229 Å². The van der Waals surface area contributed by atoms with E-state index in [1.807, 2.05) is 0 Å². The van der Waals surface area contributed by atoms with Gasteiger partial charge in [-0.05, 0) is 100 Å². The Bertz CT molecular complexity index is 885. The predicted octanol–water partition coefficient (Wildman–Crippen LogP) is 10.6. The van der Waals surface area contributed by atoms with E-state index in [4.69, 9.17) is 0 Å². The molecule has 4 saturated carbocycles. The van der Waals surface area contributed by atoms with Gasteiger partial charge in [0.25, 0.3) is 0 Å². The van der Waals surface area contributed by atoms with Gasteiger partial charge in [-0.15, -0.1) is 0 Å². The van der Waals surface area contributed by atoms with Crippen LogP contribution in [0.5, 0.6) is 0 Å². The van der Waals surface area contributed by atoms with Gasteiger partial charge in [-0.2, -0.15) is 0 Å². The average Bonchev–Trinajstić information content (AvgIpc) is 2.66. The molecule has 0 heterocycles. The second-order valence-corrected chi connectivity index (χ2v) is 29.5. The highest BCUT2D eigenvalue weighted by Gasteiger charge is 2.56. The normalized spacial score (nSPS) is 29.8. The van der Waals surface area contributed by atoms with Crippen LogP contribution in [0.15, 0.2) is 18.2 Å². The third kappa shape index (κ3) is 6.20. The summed E-state index contributed by atoms with van der Waals surface area (Å²) in [5.41, 5.74) is 3.46. The number of rotatable bonds is 6. The van der Waals surface area contributed by atoms with Gasteiger partial charge in [0.2, 0.25) is 0 Å². The van der Waals surface area contributed by atoms with Crippen molar-refractivity contribution in [2.45, 2.75) is 153 Å². The van der Waals surface area contributed by atoms with Crippen molar-refractivity contribution in [3.05, 3.63) is 29.3 Å². The van der Waals surface area contributed by atoms with Crippen LogP contribution >= 0.6 is 15.8 Å². The third-order valence-electron chi connectivity index (χ3n) is 9.74. The van der Waals surface area contributed by atoms with Crippen molar-refractivity contribution in [2.75, 3.05) is 0 Å². The molecule has 0 radical (unpaired) electrons. The van der Waals surface area contributed by atoms with Gasteiger partial charge in [0.05, 0.1) is 8.07 Å². The van der Waals surface area contributed by atoms with Crippen molar-refractivity contribution >= 4 is 29.1 Å². The van der Waals surface area contributed by atoms with Crippen molar-refractivity contribution in [2.24, 2.45) is 17.8 Å². The number of hydrogen-bond donors (Lipinski definition) is 0. The highest BCUT2D eigenvalue weighted by Crippen LogP contribution is 2.74. The van der Waals surface area contributed by atoms with Crippen LogP contribution in [0.1, 0.15) is 112 Å². The first-order chi connectivity index (χ1) is 16.3. The largest absolute Gasteiger partial charge is 0.0911 e. The van der Waals surface area contributed by atoms with E-state index in [2.05, 4.69) is 100 Å². The summed E-state index contributed by atoms with van der Waals surface area (Å²) in [7, 11) is -1.56. The van der Waals surface area contributed by atoms with Crippen molar-refractivity contribution in [3.63, 3.8) is 0 Å². The van der Waals surface area contributed by atoms with Crippen LogP contribution in [0.3, 0.4) is 0 Å². The molecule has 4 bridgehead atoms. The minimum atomic E-state index is -1.35. The molecule has 4 aliphatic rings. The average molecular weight is 545 g/mol. The van der Waals surface area contributed by atoms with Crippen LogP contribution in [-0.4, -0.2) is 28.7 Å². The van der Waals surface area contributed by atoms with E-state index in [0.29, 0.717) is 20.6 Å². The molecule has 0 spiro atoms. The minimum absolute atomic E-state index is 0.0687. The molecule has 0 aliphatic heterocycles. The summed E-state index contributed by atoms with van der Waals surface area (Å²) in [6.07, 6.45) is 12.0. The van der Waals surface area contributed by atoms with Crippen LogP contribution in [0.25, 0.3) is 0 Å². The zero-order chi connectivity index (χ0) is 26.9. The molecule has 0 aromatic heterocycles. The molecule has 3 heteroatoms. The Morgan fingerprint density at radius 1 is 0.694 bits per heavy atom. The minimum Gasteiger partial charge on any atom is -0.0911 e. The van der Waals surface area contributed by atoms with Crippen molar-refractivity contribution in [1.82, 2.24) is 0 Å². The fraction of sp³-hybridized carbons (Fsp3) is 0.818. The Morgan fingerprint density at radius 2 is 1.17 bits per heavy atom. The maximum absolute atomic E-state index is 2.71. The molecule has 1 unspecified atom stereocenters. The SMILES string of the molecule is CC(C)(C)P(Cc1cc([Si](C)(C)C)ccc1CP(C(C)(C)C)C12CC3CC(CC(C3)C1)C2)C(C)(C)C. The molecule has 0 N–H and O–H groups in total. The summed E-state index contributed by atoms with van der Waals surface area (Å²) in [5.74, 6) is 3.14. The van der Waals surface area contributed by atoms with E-state index in [1.165, 1.54) is 12.3 Å². The molecule has 5 rings (SSSR count).